The second-order valence-corrected chi connectivity index (χ2v) is 10.4. The number of fused-ring (bicyclic) bond motifs is 1. The summed E-state index contributed by atoms with van der Waals surface area (Å²) in [6.07, 6.45) is 2.71. The molecule has 2 heterocycles. The Morgan fingerprint density at radius 3 is 2.58 bits per heavy atom. The zero-order chi connectivity index (χ0) is 23.6. The number of piperidine rings is 1. The molecule has 0 saturated carbocycles. The second kappa shape index (κ2) is 9.50. The summed E-state index contributed by atoms with van der Waals surface area (Å²) >= 11 is 0. The molecule has 1 amide bonds. The van der Waals surface area contributed by atoms with E-state index in [0.29, 0.717) is 43.0 Å². The Balaban J connectivity index is 1.56. The normalized spacial score (nSPS) is 15.2. The van der Waals surface area contributed by atoms with Crippen LogP contribution in [0, 0.1) is 0 Å². The van der Waals surface area contributed by atoms with Crippen LogP contribution in [-0.2, 0) is 16.6 Å². The van der Waals surface area contributed by atoms with Crippen molar-refractivity contribution in [3.8, 4) is 0 Å². The average Bonchev–Trinajstić information content (AvgIpc) is 3.12. The van der Waals surface area contributed by atoms with Crippen molar-refractivity contribution in [1.29, 1.82) is 0 Å². The molecule has 176 valence electrons. The van der Waals surface area contributed by atoms with Crippen molar-refractivity contribution in [2.75, 3.05) is 39.0 Å². The number of sulfonamides is 1. The lowest BCUT2D eigenvalue weighted by molar-refractivity contribution is 0.102. The van der Waals surface area contributed by atoms with E-state index in [4.69, 9.17) is 4.42 Å². The number of nitrogens with zero attached hydrogens (tertiary/aromatic N) is 3. The fourth-order valence-corrected chi connectivity index (χ4v) is 5.47. The number of carbonyl (C=O) groups excluding carboxylic acids is 1. The van der Waals surface area contributed by atoms with E-state index in [0.717, 1.165) is 19.3 Å². The zero-order valence-electron chi connectivity index (χ0n) is 18.8. The molecule has 1 saturated heterocycles. The summed E-state index contributed by atoms with van der Waals surface area (Å²) in [7, 11) is 0.193. The maximum absolute atomic E-state index is 13.0. The van der Waals surface area contributed by atoms with Gasteiger partial charge in [0, 0.05) is 37.4 Å². The van der Waals surface area contributed by atoms with Crippen LogP contribution < -0.4 is 11.1 Å². The molecule has 1 aliphatic heterocycles. The lowest BCUT2D eigenvalue weighted by Gasteiger charge is -2.26. The minimum absolute atomic E-state index is 0.111. The van der Waals surface area contributed by atoms with Gasteiger partial charge >= 0.3 is 5.76 Å². The van der Waals surface area contributed by atoms with Crippen LogP contribution in [0.2, 0.25) is 0 Å². The van der Waals surface area contributed by atoms with Crippen molar-refractivity contribution in [2.24, 2.45) is 0 Å². The Hall–Kier alpha value is -2.95. The Morgan fingerprint density at radius 1 is 1.09 bits per heavy atom. The molecular formula is C23H28N4O5S. The predicted octanol–water partition coefficient (Wildman–Crippen LogP) is 2.58. The number of nitrogens with one attached hydrogen (secondary N) is 1. The largest absolute Gasteiger partial charge is 0.419 e. The molecule has 0 bridgehead atoms. The third-order valence-electron chi connectivity index (χ3n) is 5.75. The quantitative estimate of drug-likeness (QED) is 0.567. The summed E-state index contributed by atoms with van der Waals surface area (Å²) in [6.45, 7) is 2.11. The van der Waals surface area contributed by atoms with E-state index in [-0.39, 0.29) is 10.5 Å². The van der Waals surface area contributed by atoms with Gasteiger partial charge in [0.25, 0.3) is 5.91 Å². The van der Waals surface area contributed by atoms with Gasteiger partial charge in [0.2, 0.25) is 10.0 Å². The molecule has 33 heavy (non-hydrogen) atoms. The Kier molecular flexibility index (Phi) is 6.68. The number of oxazole rings is 1. The lowest BCUT2D eigenvalue weighted by atomic mass is 10.2. The molecule has 1 aliphatic rings. The van der Waals surface area contributed by atoms with Gasteiger partial charge in [0.05, 0.1) is 10.4 Å². The molecule has 1 N–H and O–H groups in total. The molecule has 2 aromatic carbocycles. The summed E-state index contributed by atoms with van der Waals surface area (Å²) in [5.74, 6) is -0.887. The molecule has 10 heteroatoms. The maximum atomic E-state index is 13.0. The molecule has 1 aromatic heterocycles. The van der Waals surface area contributed by atoms with E-state index in [1.54, 1.807) is 30.3 Å². The number of anilines is 1. The standard InChI is InChI=1S/C23H28N4O5S/c1-25(2)13-14-27-20-16-18(9-10-21(20)32-23(27)29)24-22(28)17-7-6-8-19(15-17)33(30,31)26-11-4-3-5-12-26/h6-10,15-16H,3-5,11-14H2,1-2H3,(H,24,28). The number of hydrogen-bond acceptors (Lipinski definition) is 6. The molecule has 9 nitrogen and oxygen atoms in total. The summed E-state index contributed by atoms with van der Waals surface area (Å²) in [4.78, 5) is 27.2. The summed E-state index contributed by atoms with van der Waals surface area (Å²) in [6, 6.07) is 11.0. The lowest BCUT2D eigenvalue weighted by Crippen LogP contribution is -2.35. The number of amides is 1. The van der Waals surface area contributed by atoms with Crippen molar-refractivity contribution in [2.45, 2.75) is 30.7 Å². The van der Waals surface area contributed by atoms with E-state index in [1.165, 1.54) is 21.0 Å². The van der Waals surface area contributed by atoms with Crippen molar-refractivity contribution < 1.29 is 17.6 Å². The fraction of sp³-hybridized carbons (Fsp3) is 0.391. The average molecular weight is 473 g/mol. The van der Waals surface area contributed by atoms with Crippen LogP contribution in [0.4, 0.5) is 5.69 Å². The van der Waals surface area contributed by atoms with Crippen LogP contribution in [0.25, 0.3) is 11.1 Å². The second-order valence-electron chi connectivity index (χ2n) is 8.45. The molecule has 0 radical (unpaired) electrons. The van der Waals surface area contributed by atoms with Crippen LogP contribution in [0.5, 0.6) is 0 Å². The number of likely N-dealkylation sites (N-methyl/N-ethyl adjacent to an activating group) is 1. The van der Waals surface area contributed by atoms with Crippen molar-refractivity contribution in [3.05, 3.63) is 58.6 Å². The number of rotatable bonds is 7. The summed E-state index contributed by atoms with van der Waals surface area (Å²) < 4.78 is 34.2. The van der Waals surface area contributed by atoms with Crippen LogP contribution in [0.3, 0.4) is 0 Å². The maximum Gasteiger partial charge on any atom is 0.419 e. The van der Waals surface area contributed by atoms with Crippen LogP contribution >= 0.6 is 0 Å². The smallest absolute Gasteiger partial charge is 0.408 e. The Morgan fingerprint density at radius 2 is 1.85 bits per heavy atom. The molecule has 0 atom stereocenters. The highest BCUT2D eigenvalue weighted by Crippen LogP contribution is 2.23. The van der Waals surface area contributed by atoms with E-state index >= 15 is 0 Å². The van der Waals surface area contributed by atoms with Crippen LogP contribution in [0.15, 0.2) is 56.6 Å². The van der Waals surface area contributed by atoms with Gasteiger partial charge in [0.1, 0.15) is 0 Å². The topological polar surface area (TPSA) is 105 Å². The molecule has 0 aliphatic carbocycles. The van der Waals surface area contributed by atoms with Gasteiger partial charge in [-0.2, -0.15) is 4.31 Å². The highest BCUT2D eigenvalue weighted by Gasteiger charge is 2.26. The van der Waals surface area contributed by atoms with Gasteiger partial charge in [-0.25, -0.2) is 13.2 Å². The first-order chi connectivity index (χ1) is 15.8. The van der Waals surface area contributed by atoms with Crippen molar-refractivity contribution >= 4 is 32.7 Å². The molecule has 0 spiro atoms. The highest BCUT2D eigenvalue weighted by atomic mass is 32.2. The van der Waals surface area contributed by atoms with Gasteiger partial charge in [-0.3, -0.25) is 9.36 Å². The van der Waals surface area contributed by atoms with E-state index in [9.17, 15) is 18.0 Å². The molecular weight excluding hydrogens is 444 g/mol. The van der Waals surface area contributed by atoms with Crippen LogP contribution in [-0.4, -0.2) is 61.8 Å². The van der Waals surface area contributed by atoms with Gasteiger partial charge in [-0.1, -0.05) is 12.5 Å². The number of aromatic nitrogens is 1. The van der Waals surface area contributed by atoms with Crippen molar-refractivity contribution in [1.82, 2.24) is 13.8 Å². The Labute approximate surface area is 192 Å². The molecule has 3 aromatic rings. The van der Waals surface area contributed by atoms with Gasteiger partial charge in [-0.15, -0.1) is 0 Å². The molecule has 1 fully saturated rings. The zero-order valence-corrected chi connectivity index (χ0v) is 19.6. The summed E-state index contributed by atoms with van der Waals surface area (Å²) in [5.41, 5.74) is 1.74. The first-order valence-corrected chi connectivity index (χ1v) is 12.4. The van der Waals surface area contributed by atoms with E-state index < -0.39 is 21.7 Å². The third-order valence-corrected chi connectivity index (χ3v) is 7.64. The third kappa shape index (κ3) is 5.02. The molecule has 4 rings (SSSR count). The number of carbonyl (C=O) groups is 1. The van der Waals surface area contributed by atoms with Crippen molar-refractivity contribution in [3.63, 3.8) is 0 Å². The number of benzene rings is 2. The minimum atomic E-state index is -3.64. The van der Waals surface area contributed by atoms with Gasteiger partial charge in [0.15, 0.2) is 5.58 Å². The van der Waals surface area contributed by atoms with Gasteiger partial charge < -0.3 is 14.6 Å². The van der Waals surface area contributed by atoms with E-state index in [1.807, 2.05) is 19.0 Å². The predicted molar refractivity (Wildman–Crippen MR) is 126 cm³/mol. The fourth-order valence-electron chi connectivity index (χ4n) is 3.91. The highest BCUT2D eigenvalue weighted by molar-refractivity contribution is 7.89. The van der Waals surface area contributed by atoms with Gasteiger partial charge in [-0.05, 0) is 63.3 Å². The monoisotopic (exact) mass is 472 g/mol. The minimum Gasteiger partial charge on any atom is -0.408 e. The first-order valence-electron chi connectivity index (χ1n) is 11.0. The number of hydrogen-bond donors (Lipinski definition) is 1. The first kappa shape index (κ1) is 23.2. The SMILES string of the molecule is CN(C)CCn1c(=O)oc2ccc(NC(=O)c3cccc(S(=O)(=O)N4CCCCC4)c3)cc21. The summed E-state index contributed by atoms with van der Waals surface area (Å²) in [5, 5.41) is 2.80. The molecule has 0 unspecified atom stereocenters. The Bertz CT molecular complexity index is 1320. The van der Waals surface area contributed by atoms with E-state index in [2.05, 4.69) is 5.32 Å². The van der Waals surface area contributed by atoms with Crippen LogP contribution in [0.1, 0.15) is 29.6 Å².